The van der Waals surface area contributed by atoms with E-state index in [9.17, 15) is 4.79 Å². The molecular formula is C17H21NO2. The molecule has 0 aromatic heterocycles. The van der Waals surface area contributed by atoms with Gasteiger partial charge in [0, 0.05) is 11.6 Å². The summed E-state index contributed by atoms with van der Waals surface area (Å²) in [6.45, 7) is 1.76. The van der Waals surface area contributed by atoms with E-state index < -0.39 is 0 Å². The molecule has 1 amide bonds. The molecule has 1 aromatic rings. The number of amides is 1. The van der Waals surface area contributed by atoms with E-state index >= 15 is 0 Å². The average Bonchev–Trinajstić information content (AvgIpc) is 2.47. The van der Waals surface area contributed by atoms with Crippen molar-refractivity contribution in [3.05, 3.63) is 34.9 Å². The van der Waals surface area contributed by atoms with Crippen molar-refractivity contribution in [1.82, 2.24) is 5.32 Å². The van der Waals surface area contributed by atoms with Gasteiger partial charge in [0.25, 0.3) is 5.91 Å². The smallest absolute Gasteiger partial charge is 0.252 e. The van der Waals surface area contributed by atoms with Crippen LogP contribution < -0.4 is 5.32 Å². The molecular weight excluding hydrogens is 250 g/mol. The number of benzene rings is 1. The molecule has 0 radical (unpaired) electrons. The van der Waals surface area contributed by atoms with Gasteiger partial charge in [-0.15, -0.1) is 0 Å². The van der Waals surface area contributed by atoms with Gasteiger partial charge in [0.2, 0.25) is 0 Å². The van der Waals surface area contributed by atoms with Crippen molar-refractivity contribution in [2.24, 2.45) is 0 Å². The van der Waals surface area contributed by atoms with Gasteiger partial charge < -0.3 is 10.4 Å². The minimum Gasteiger partial charge on any atom is -0.384 e. The molecule has 0 unspecified atom stereocenters. The zero-order chi connectivity index (χ0) is 14.4. The van der Waals surface area contributed by atoms with Crippen LogP contribution in [0.4, 0.5) is 0 Å². The first-order chi connectivity index (χ1) is 9.70. The van der Waals surface area contributed by atoms with Gasteiger partial charge in [0.15, 0.2) is 0 Å². The number of hydrogen-bond acceptors (Lipinski definition) is 2. The SMILES string of the molecule is Cc1ccc(C#CCO)c(C(=O)NC2CCCCC2)c1. The average molecular weight is 271 g/mol. The number of aliphatic hydroxyl groups excluding tert-OH is 1. The summed E-state index contributed by atoms with van der Waals surface area (Å²) in [7, 11) is 0. The lowest BCUT2D eigenvalue weighted by Crippen LogP contribution is -2.36. The molecule has 1 aliphatic rings. The van der Waals surface area contributed by atoms with Crippen LogP contribution in [0.3, 0.4) is 0 Å². The van der Waals surface area contributed by atoms with E-state index in [2.05, 4.69) is 17.2 Å². The zero-order valence-electron chi connectivity index (χ0n) is 11.9. The summed E-state index contributed by atoms with van der Waals surface area (Å²) in [5.74, 6) is 5.40. The van der Waals surface area contributed by atoms with Gasteiger partial charge in [-0.25, -0.2) is 0 Å². The van der Waals surface area contributed by atoms with Crippen molar-refractivity contribution in [3.63, 3.8) is 0 Å². The Labute approximate surface area is 120 Å². The Morgan fingerprint density at radius 3 is 2.80 bits per heavy atom. The number of nitrogens with one attached hydrogen (secondary N) is 1. The zero-order valence-corrected chi connectivity index (χ0v) is 11.9. The Kier molecular flexibility index (Phi) is 5.20. The molecule has 1 fully saturated rings. The van der Waals surface area contributed by atoms with E-state index in [4.69, 9.17) is 5.11 Å². The molecule has 3 nitrogen and oxygen atoms in total. The predicted octanol–water partition coefficient (Wildman–Crippen LogP) is 2.40. The van der Waals surface area contributed by atoms with E-state index in [1.54, 1.807) is 0 Å². The Morgan fingerprint density at radius 1 is 1.35 bits per heavy atom. The first kappa shape index (κ1) is 14.6. The highest BCUT2D eigenvalue weighted by molar-refractivity contribution is 5.97. The lowest BCUT2D eigenvalue weighted by molar-refractivity contribution is 0.0927. The van der Waals surface area contributed by atoms with Crippen LogP contribution in [-0.2, 0) is 0 Å². The number of aliphatic hydroxyl groups is 1. The van der Waals surface area contributed by atoms with Crippen molar-refractivity contribution in [2.75, 3.05) is 6.61 Å². The molecule has 0 heterocycles. The Balaban J connectivity index is 2.16. The maximum Gasteiger partial charge on any atom is 0.252 e. The molecule has 1 aliphatic carbocycles. The molecule has 2 N–H and O–H groups in total. The van der Waals surface area contributed by atoms with Crippen LogP contribution in [0.15, 0.2) is 18.2 Å². The van der Waals surface area contributed by atoms with Gasteiger partial charge in [-0.05, 0) is 31.9 Å². The van der Waals surface area contributed by atoms with E-state index in [1.807, 2.05) is 25.1 Å². The Bertz CT molecular complexity index is 534. The predicted molar refractivity (Wildman–Crippen MR) is 79.5 cm³/mol. The van der Waals surface area contributed by atoms with E-state index in [0.29, 0.717) is 11.1 Å². The summed E-state index contributed by atoms with van der Waals surface area (Å²) in [6.07, 6.45) is 5.78. The molecule has 0 spiro atoms. The van der Waals surface area contributed by atoms with Crippen molar-refractivity contribution in [2.45, 2.75) is 45.1 Å². The van der Waals surface area contributed by atoms with Crippen LogP contribution in [0, 0.1) is 18.8 Å². The fourth-order valence-electron chi connectivity index (χ4n) is 2.60. The number of carbonyl (C=O) groups is 1. The first-order valence-corrected chi connectivity index (χ1v) is 7.22. The van der Waals surface area contributed by atoms with E-state index in [1.165, 1.54) is 19.3 Å². The van der Waals surface area contributed by atoms with Crippen LogP contribution in [0.1, 0.15) is 53.6 Å². The number of hydrogen-bond donors (Lipinski definition) is 2. The fraction of sp³-hybridized carbons (Fsp3) is 0.471. The van der Waals surface area contributed by atoms with Crippen molar-refractivity contribution >= 4 is 5.91 Å². The highest BCUT2D eigenvalue weighted by Crippen LogP contribution is 2.18. The van der Waals surface area contributed by atoms with Crippen LogP contribution >= 0.6 is 0 Å². The molecule has 3 heteroatoms. The Morgan fingerprint density at radius 2 is 2.10 bits per heavy atom. The number of aryl methyl sites for hydroxylation is 1. The molecule has 1 aromatic carbocycles. The maximum atomic E-state index is 12.4. The van der Waals surface area contributed by atoms with Crippen LogP contribution in [-0.4, -0.2) is 23.7 Å². The fourth-order valence-corrected chi connectivity index (χ4v) is 2.60. The van der Waals surface area contributed by atoms with Crippen LogP contribution in [0.2, 0.25) is 0 Å². The first-order valence-electron chi connectivity index (χ1n) is 7.22. The lowest BCUT2D eigenvalue weighted by atomic mass is 9.95. The van der Waals surface area contributed by atoms with Gasteiger partial charge in [-0.2, -0.15) is 0 Å². The minimum absolute atomic E-state index is 0.0529. The van der Waals surface area contributed by atoms with Crippen molar-refractivity contribution in [1.29, 1.82) is 0 Å². The highest BCUT2D eigenvalue weighted by atomic mass is 16.2. The molecule has 1 saturated carbocycles. The summed E-state index contributed by atoms with van der Waals surface area (Å²) >= 11 is 0. The van der Waals surface area contributed by atoms with Gasteiger partial charge >= 0.3 is 0 Å². The number of carbonyl (C=O) groups excluding carboxylic acids is 1. The van der Waals surface area contributed by atoms with Gasteiger partial charge in [-0.1, -0.05) is 42.7 Å². The van der Waals surface area contributed by atoms with E-state index in [0.717, 1.165) is 18.4 Å². The minimum atomic E-state index is -0.197. The molecule has 20 heavy (non-hydrogen) atoms. The topological polar surface area (TPSA) is 49.3 Å². The summed E-state index contributed by atoms with van der Waals surface area (Å²) < 4.78 is 0. The van der Waals surface area contributed by atoms with Crippen LogP contribution in [0.5, 0.6) is 0 Å². The third-order valence-electron chi connectivity index (χ3n) is 3.66. The second-order valence-electron chi connectivity index (χ2n) is 5.32. The van der Waals surface area contributed by atoms with Gasteiger partial charge in [-0.3, -0.25) is 4.79 Å². The maximum absolute atomic E-state index is 12.4. The van der Waals surface area contributed by atoms with Crippen molar-refractivity contribution in [3.8, 4) is 11.8 Å². The highest BCUT2D eigenvalue weighted by Gasteiger charge is 2.18. The van der Waals surface area contributed by atoms with Crippen molar-refractivity contribution < 1.29 is 9.90 Å². The Hall–Kier alpha value is -1.79. The molecule has 2 rings (SSSR count). The lowest BCUT2D eigenvalue weighted by Gasteiger charge is -2.23. The van der Waals surface area contributed by atoms with Gasteiger partial charge in [0.05, 0.1) is 5.56 Å². The monoisotopic (exact) mass is 271 g/mol. The normalized spacial score (nSPS) is 15.3. The van der Waals surface area contributed by atoms with Crippen LogP contribution in [0.25, 0.3) is 0 Å². The summed E-state index contributed by atoms with van der Waals surface area (Å²) in [4.78, 5) is 12.4. The third kappa shape index (κ3) is 3.85. The molecule has 0 bridgehead atoms. The summed E-state index contributed by atoms with van der Waals surface area (Å²) in [6, 6.07) is 5.92. The molecule has 0 aliphatic heterocycles. The second-order valence-corrected chi connectivity index (χ2v) is 5.32. The van der Waals surface area contributed by atoms with Gasteiger partial charge in [0.1, 0.15) is 6.61 Å². The third-order valence-corrected chi connectivity index (χ3v) is 3.66. The quantitative estimate of drug-likeness (QED) is 0.812. The summed E-state index contributed by atoms with van der Waals surface area (Å²) in [5, 5.41) is 11.9. The van der Waals surface area contributed by atoms with E-state index in [-0.39, 0.29) is 18.6 Å². The molecule has 0 atom stereocenters. The summed E-state index contributed by atoms with van der Waals surface area (Å²) in [5.41, 5.74) is 2.32. The standard InChI is InChI=1S/C17H21NO2/c1-13-9-10-14(6-5-11-19)16(12-13)17(20)18-15-7-3-2-4-8-15/h9-10,12,15,19H,2-4,7-8,11H2,1H3,(H,18,20). The largest absolute Gasteiger partial charge is 0.384 e. The second kappa shape index (κ2) is 7.12. The molecule has 0 saturated heterocycles. The molecule has 106 valence electrons. The number of rotatable bonds is 2.